The number of rotatable bonds is 6. The molecule has 2 heterocycles. The molecule has 8 heteroatoms. The summed E-state index contributed by atoms with van der Waals surface area (Å²) in [5, 5.41) is 19.3. The SMILES string of the molecule is CNC(=O)C1CCC(NC(=O)c2cnc(-n3ccc4cc(C#N)ccc43)cc2NC(C)C)CC1. The summed E-state index contributed by atoms with van der Waals surface area (Å²) in [6.45, 7) is 4.05. The van der Waals surface area contributed by atoms with Crippen LogP contribution in [0.2, 0.25) is 0 Å². The van der Waals surface area contributed by atoms with Gasteiger partial charge in [0.2, 0.25) is 5.91 Å². The van der Waals surface area contributed by atoms with E-state index in [1.54, 1.807) is 19.3 Å². The topological polar surface area (TPSA) is 112 Å². The highest BCUT2D eigenvalue weighted by molar-refractivity contribution is 6.00. The van der Waals surface area contributed by atoms with Crippen LogP contribution in [0.15, 0.2) is 42.7 Å². The summed E-state index contributed by atoms with van der Waals surface area (Å²) in [6, 6.07) is 11.7. The Bertz CT molecular complexity index is 1250. The minimum absolute atomic E-state index is 0.0258. The van der Waals surface area contributed by atoms with Crippen molar-refractivity contribution in [3.05, 3.63) is 53.9 Å². The molecule has 1 aliphatic rings. The molecule has 1 saturated carbocycles. The van der Waals surface area contributed by atoms with E-state index < -0.39 is 0 Å². The highest BCUT2D eigenvalue weighted by Crippen LogP contribution is 2.27. The molecule has 4 rings (SSSR count). The number of benzene rings is 1. The highest BCUT2D eigenvalue weighted by atomic mass is 16.2. The first-order chi connectivity index (χ1) is 16.4. The number of hydrogen-bond donors (Lipinski definition) is 3. The zero-order valence-electron chi connectivity index (χ0n) is 19.8. The van der Waals surface area contributed by atoms with E-state index in [0.717, 1.165) is 36.6 Å². The van der Waals surface area contributed by atoms with Gasteiger partial charge < -0.3 is 20.5 Å². The Hall–Kier alpha value is -3.86. The minimum atomic E-state index is -0.165. The smallest absolute Gasteiger partial charge is 0.255 e. The Morgan fingerprint density at radius 2 is 1.91 bits per heavy atom. The van der Waals surface area contributed by atoms with Gasteiger partial charge in [0, 0.05) is 48.9 Å². The molecular weight excluding hydrogens is 428 g/mol. The van der Waals surface area contributed by atoms with Crippen molar-refractivity contribution in [1.29, 1.82) is 5.26 Å². The molecule has 0 unspecified atom stereocenters. The lowest BCUT2D eigenvalue weighted by Gasteiger charge is -2.28. The molecule has 1 aliphatic carbocycles. The number of pyridine rings is 1. The summed E-state index contributed by atoms with van der Waals surface area (Å²) in [5.41, 5.74) is 2.75. The maximum absolute atomic E-state index is 13.2. The van der Waals surface area contributed by atoms with Crippen LogP contribution in [0.4, 0.5) is 5.69 Å². The Labute approximate surface area is 199 Å². The zero-order chi connectivity index (χ0) is 24.2. The quantitative estimate of drug-likeness (QED) is 0.521. The summed E-state index contributed by atoms with van der Waals surface area (Å²) < 4.78 is 1.95. The molecule has 3 aromatic rings. The average Bonchev–Trinajstić information content (AvgIpc) is 3.26. The highest BCUT2D eigenvalue weighted by Gasteiger charge is 2.27. The molecule has 1 aromatic carbocycles. The Morgan fingerprint density at radius 3 is 2.59 bits per heavy atom. The summed E-state index contributed by atoms with van der Waals surface area (Å²) in [4.78, 5) is 29.6. The molecule has 34 heavy (non-hydrogen) atoms. The van der Waals surface area contributed by atoms with Gasteiger partial charge in [-0.1, -0.05) is 0 Å². The van der Waals surface area contributed by atoms with Crippen molar-refractivity contribution < 1.29 is 9.59 Å². The maximum Gasteiger partial charge on any atom is 0.255 e. The molecule has 0 radical (unpaired) electrons. The van der Waals surface area contributed by atoms with Crippen LogP contribution in [0, 0.1) is 17.2 Å². The van der Waals surface area contributed by atoms with Crippen LogP contribution in [-0.4, -0.2) is 40.5 Å². The van der Waals surface area contributed by atoms with Gasteiger partial charge in [-0.2, -0.15) is 5.26 Å². The van der Waals surface area contributed by atoms with Gasteiger partial charge in [-0.3, -0.25) is 9.59 Å². The second-order valence-corrected chi connectivity index (χ2v) is 9.09. The van der Waals surface area contributed by atoms with Crippen LogP contribution in [0.3, 0.4) is 0 Å². The van der Waals surface area contributed by atoms with Crippen molar-refractivity contribution in [3.8, 4) is 11.9 Å². The third-order valence-corrected chi connectivity index (χ3v) is 6.32. The molecule has 1 fully saturated rings. The maximum atomic E-state index is 13.2. The Kier molecular flexibility index (Phi) is 6.82. The van der Waals surface area contributed by atoms with Gasteiger partial charge in [-0.15, -0.1) is 0 Å². The van der Waals surface area contributed by atoms with Crippen molar-refractivity contribution in [1.82, 2.24) is 20.2 Å². The predicted octanol–water partition coefficient (Wildman–Crippen LogP) is 3.75. The van der Waals surface area contributed by atoms with E-state index in [4.69, 9.17) is 5.26 Å². The van der Waals surface area contributed by atoms with Crippen LogP contribution in [0.5, 0.6) is 0 Å². The first-order valence-corrected chi connectivity index (χ1v) is 11.7. The second kappa shape index (κ2) is 9.96. The summed E-state index contributed by atoms with van der Waals surface area (Å²) in [7, 11) is 1.66. The first-order valence-electron chi connectivity index (χ1n) is 11.7. The van der Waals surface area contributed by atoms with E-state index in [9.17, 15) is 9.59 Å². The molecule has 176 valence electrons. The molecule has 0 spiro atoms. The number of carbonyl (C=O) groups is 2. The third-order valence-electron chi connectivity index (χ3n) is 6.32. The number of amides is 2. The fourth-order valence-corrected chi connectivity index (χ4v) is 4.57. The van der Waals surface area contributed by atoms with E-state index in [1.807, 2.05) is 48.9 Å². The molecule has 0 saturated heterocycles. The number of nitrogens with one attached hydrogen (secondary N) is 3. The second-order valence-electron chi connectivity index (χ2n) is 9.09. The largest absolute Gasteiger partial charge is 0.382 e. The van der Waals surface area contributed by atoms with E-state index in [2.05, 4.69) is 27.0 Å². The summed E-state index contributed by atoms with van der Waals surface area (Å²) in [5.74, 6) is 0.624. The van der Waals surface area contributed by atoms with Crippen LogP contribution in [-0.2, 0) is 4.79 Å². The molecule has 0 bridgehead atoms. The normalized spacial score (nSPS) is 17.9. The molecular formula is C26H30N6O2. The van der Waals surface area contributed by atoms with Gasteiger partial charge in [-0.05, 0) is 63.8 Å². The van der Waals surface area contributed by atoms with Gasteiger partial charge in [-0.25, -0.2) is 4.98 Å². The number of nitriles is 1. The van der Waals surface area contributed by atoms with Gasteiger partial charge >= 0.3 is 0 Å². The average molecular weight is 459 g/mol. The van der Waals surface area contributed by atoms with Crippen LogP contribution >= 0.6 is 0 Å². The van der Waals surface area contributed by atoms with Crippen molar-refractivity contribution >= 4 is 28.4 Å². The number of fused-ring (bicyclic) bond motifs is 1. The first kappa shape index (κ1) is 23.3. The standard InChI is InChI=1S/C26H30N6O2/c1-16(2)30-22-13-24(32-11-10-19-12-17(14-27)4-9-23(19)32)29-15-21(22)26(34)31-20-7-5-18(6-8-20)25(33)28-3/h4,9-13,15-16,18,20H,5-8H2,1-3H3,(H,28,33)(H,29,30)(H,31,34). The Morgan fingerprint density at radius 1 is 1.15 bits per heavy atom. The Balaban J connectivity index is 1.56. The lowest BCUT2D eigenvalue weighted by Crippen LogP contribution is -2.40. The number of hydrogen-bond acceptors (Lipinski definition) is 5. The lowest BCUT2D eigenvalue weighted by molar-refractivity contribution is -0.125. The van der Waals surface area contributed by atoms with Gasteiger partial charge in [0.15, 0.2) is 0 Å². The monoisotopic (exact) mass is 458 g/mol. The summed E-state index contributed by atoms with van der Waals surface area (Å²) >= 11 is 0. The van der Waals surface area contributed by atoms with Crippen molar-refractivity contribution in [2.45, 2.75) is 51.6 Å². The minimum Gasteiger partial charge on any atom is -0.382 e. The van der Waals surface area contributed by atoms with Crippen LogP contribution < -0.4 is 16.0 Å². The third kappa shape index (κ3) is 4.88. The zero-order valence-corrected chi connectivity index (χ0v) is 19.8. The van der Waals surface area contributed by atoms with Crippen molar-refractivity contribution in [2.24, 2.45) is 5.92 Å². The van der Waals surface area contributed by atoms with Crippen LogP contribution in [0.1, 0.15) is 55.5 Å². The van der Waals surface area contributed by atoms with Gasteiger partial charge in [0.25, 0.3) is 5.91 Å². The van der Waals surface area contributed by atoms with Gasteiger partial charge in [0.05, 0.1) is 28.4 Å². The fourth-order valence-electron chi connectivity index (χ4n) is 4.57. The van der Waals surface area contributed by atoms with E-state index in [0.29, 0.717) is 22.6 Å². The van der Waals surface area contributed by atoms with E-state index in [-0.39, 0.29) is 29.8 Å². The van der Waals surface area contributed by atoms with Crippen LogP contribution in [0.25, 0.3) is 16.7 Å². The van der Waals surface area contributed by atoms with Crippen molar-refractivity contribution in [2.75, 3.05) is 12.4 Å². The van der Waals surface area contributed by atoms with E-state index >= 15 is 0 Å². The number of nitrogens with zero attached hydrogens (tertiary/aromatic N) is 3. The number of carbonyl (C=O) groups excluding carboxylic acids is 2. The summed E-state index contributed by atoms with van der Waals surface area (Å²) in [6.07, 6.45) is 6.63. The molecule has 0 atom stereocenters. The number of anilines is 1. The molecule has 3 N–H and O–H groups in total. The molecule has 0 aliphatic heterocycles. The van der Waals surface area contributed by atoms with E-state index in [1.165, 1.54) is 0 Å². The number of aromatic nitrogens is 2. The van der Waals surface area contributed by atoms with Crippen molar-refractivity contribution in [3.63, 3.8) is 0 Å². The molecule has 8 nitrogen and oxygen atoms in total. The molecule has 2 amide bonds. The predicted molar refractivity (Wildman–Crippen MR) is 132 cm³/mol. The van der Waals surface area contributed by atoms with Gasteiger partial charge in [0.1, 0.15) is 5.82 Å². The molecule has 2 aromatic heterocycles. The lowest BCUT2D eigenvalue weighted by atomic mass is 9.85. The fraction of sp³-hybridized carbons (Fsp3) is 0.385.